The zero-order valence-electron chi connectivity index (χ0n) is 16.5. The summed E-state index contributed by atoms with van der Waals surface area (Å²) in [7, 11) is -2.99. The topological polar surface area (TPSA) is 49.3 Å². The fourth-order valence-electron chi connectivity index (χ4n) is 3.40. The van der Waals surface area contributed by atoms with E-state index in [0.29, 0.717) is 12.8 Å². The van der Waals surface area contributed by atoms with Gasteiger partial charge in [-0.05, 0) is 38.8 Å². The Kier molecular flexibility index (Phi) is 6.72. The van der Waals surface area contributed by atoms with Gasteiger partial charge < -0.3 is 15.0 Å². The Balaban J connectivity index is 2.11. The first-order chi connectivity index (χ1) is 13.5. The number of benzene rings is 3. The van der Waals surface area contributed by atoms with Gasteiger partial charge in [0, 0.05) is 22.9 Å². The summed E-state index contributed by atoms with van der Waals surface area (Å²) in [4.78, 5) is 0. The van der Waals surface area contributed by atoms with Gasteiger partial charge in [0.1, 0.15) is 0 Å². The molecule has 0 aliphatic rings. The summed E-state index contributed by atoms with van der Waals surface area (Å²) in [6.07, 6.45) is 1.20. The van der Waals surface area contributed by atoms with Gasteiger partial charge in [-0.25, -0.2) is 0 Å². The van der Waals surface area contributed by atoms with Crippen LogP contribution < -0.4 is 15.9 Å². The van der Waals surface area contributed by atoms with Gasteiger partial charge in [0.05, 0.1) is 5.78 Å². The van der Waals surface area contributed by atoms with E-state index in [1.165, 1.54) is 0 Å². The highest BCUT2D eigenvalue weighted by molar-refractivity contribution is 7.79. The van der Waals surface area contributed by atoms with Gasteiger partial charge in [0.2, 0.25) is 0 Å². The second kappa shape index (κ2) is 9.23. The number of aliphatic hydroxyl groups is 1. The summed E-state index contributed by atoms with van der Waals surface area (Å²) in [6.45, 7) is 4.15. The summed E-state index contributed by atoms with van der Waals surface area (Å²) >= 11 is 0. The number of aliphatic hydroxyl groups excluding tert-OH is 1. The summed E-state index contributed by atoms with van der Waals surface area (Å²) in [5.74, 6) is -0.299. The molecule has 3 nitrogen and oxygen atoms in total. The third-order valence-electron chi connectivity index (χ3n) is 5.02. The van der Waals surface area contributed by atoms with E-state index >= 15 is 0 Å². The Morgan fingerprint density at radius 3 is 1.79 bits per heavy atom. The highest BCUT2D eigenvalue weighted by Gasteiger charge is 2.36. The maximum atomic E-state index is 14.7. The minimum atomic E-state index is -2.99. The Hall–Kier alpha value is -2.35. The molecule has 3 rings (SSSR count). The van der Waals surface area contributed by atoms with E-state index in [9.17, 15) is 9.67 Å². The molecule has 0 fully saturated rings. The number of nitrogens with one attached hydrogen (secondary N) is 1. The van der Waals surface area contributed by atoms with Crippen molar-refractivity contribution in [2.75, 3.05) is 11.9 Å². The second-order valence-electron chi connectivity index (χ2n) is 7.22. The molecule has 3 aromatic rings. The van der Waals surface area contributed by atoms with Crippen LogP contribution in [0.5, 0.6) is 0 Å². The lowest BCUT2D eigenvalue weighted by molar-refractivity contribution is 0.284. The lowest BCUT2D eigenvalue weighted by Gasteiger charge is -2.30. The van der Waals surface area contributed by atoms with Gasteiger partial charge in [-0.1, -0.05) is 77.9 Å². The first-order valence-electron chi connectivity index (χ1n) is 9.70. The number of aryl methyl sites for hydroxylation is 2. The van der Waals surface area contributed by atoms with Gasteiger partial charge in [0.15, 0.2) is 7.14 Å². The van der Waals surface area contributed by atoms with Crippen molar-refractivity contribution in [3.63, 3.8) is 0 Å². The molecular formula is C24H28NO2P. The monoisotopic (exact) mass is 393 g/mol. The molecule has 4 heteroatoms. The third kappa shape index (κ3) is 4.55. The Labute approximate surface area is 167 Å². The molecule has 28 heavy (non-hydrogen) atoms. The molecule has 0 radical (unpaired) electrons. The summed E-state index contributed by atoms with van der Waals surface area (Å²) in [6, 6.07) is 25.9. The number of anilines is 1. The Morgan fingerprint density at radius 2 is 1.32 bits per heavy atom. The van der Waals surface area contributed by atoms with Crippen LogP contribution in [0.1, 0.15) is 24.0 Å². The molecule has 0 amide bonds. The smallest absolute Gasteiger partial charge is 0.164 e. The number of hydrogen-bond donors (Lipinski definition) is 2. The molecule has 1 atom stereocenters. The van der Waals surface area contributed by atoms with Gasteiger partial charge >= 0.3 is 0 Å². The molecule has 1 unspecified atom stereocenters. The van der Waals surface area contributed by atoms with E-state index in [1.54, 1.807) is 0 Å². The first-order valence-corrected chi connectivity index (χ1v) is 11.5. The predicted octanol–water partition coefficient (Wildman–Crippen LogP) is 4.83. The van der Waals surface area contributed by atoms with Crippen molar-refractivity contribution in [2.45, 2.75) is 32.5 Å². The molecular weight excluding hydrogens is 365 g/mol. The third-order valence-corrected chi connectivity index (χ3v) is 8.41. The average Bonchev–Trinajstić information content (AvgIpc) is 2.72. The van der Waals surface area contributed by atoms with E-state index < -0.39 is 7.14 Å². The number of para-hydroxylation sites is 1. The molecule has 0 spiro atoms. The van der Waals surface area contributed by atoms with E-state index in [4.69, 9.17) is 0 Å². The van der Waals surface area contributed by atoms with Gasteiger partial charge in [-0.15, -0.1) is 0 Å². The van der Waals surface area contributed by atoms with Crippen LogP contribution in [0.4, 0.5) is 5.69 Å². The molecule has 146 valence electrons. The Bertz CT molecular complexity index is 872. The largest absolute Gasteiger partial charge is 0.396 e. The first kappa shape index (κ1) is 20.4. The van der Waals surface area contributed by atoms with Crippen LogP contribution in [0, 0.1) is 13.8 Å². The zero-order valence-corrected chi connectivity index (χ0v) is 17.4. The quantitative estimate of drug-likeness (QED) is 0.539. The fourth-order valence-corrected chi connectivity index (χ4v) is 6.48. The SMILES string of the molecule is Cc1ccc(P(=O)(c2ccc(C)cc2)C(CCCO)Nc2ccccc2)cc1. The number of hydrogen-bond acceptors (Lipinski definition) is 3. The van der Waals surface area contributed by atoms with Crippen molar-refractivity contribution in [2.24, 2.45) is 0 Å². The van der Waals surface area contributed by atoms with E-state index in [1.807, 2.05) is 92.7 Å². The predicted molar refractivity (Wildman–Crippen MR) is 119 cm³/mol. The minimum absolute atomic E-state index is 0.0781. The molecule has 0 heterocycles. The lowest BCUT2D eigenvalue weighted by Crippen LogP contribution is -2.31. The summed E-state index contributed by atoms with van der Waals surface area (Å²) in [5, 5.41) is 14.6. The highest BCUT2D eigenvalue weighted by Crippen LogP contribution is 2.50. The van der Waals surface area contributed by atoms with Crippen LogP contribution in [0.3, 0.4) is 0 Å². The van der Waals surface area contributed by atoms with Crippen molar-refractivity contribution < 1.29 is 9.67 Å². The van der Waals surface area contributed by atoms with Crippen LogP contribution in [-0.2, 0) is 4.57 Å². The summed E-state index contributed by atoms with van der Waals surface area (Å²) < 4.78 is 14.7. The zero-order chi connectivity index (χ0) is 20.0. The van der Waals surface area contributed by atoms with E-state index in [2.05, 4.69) is 5.32 Å². The van der Waals surface area contributed by atoms with Gasteiger partial charge in [-0.3, -0.25) is 0 Å². The van der Waals surface area contributed by atoms with E-state index in [-0.39, 0.29) is 12.4 Å². The van der Waals surface area contributed by atoms with Crippen molar-refractivity contribution in [1.82, 2.24) is 0 Å². The van der Waals surface area contributed by atoms with E-state index in [0.717, 1.165) is 27.4 Å². The standard InChI is InChI=1S/C24H28NO2P/c1-19-10-14-22(15-11-19)28(27,23-16-12-20(2)13-17-23)24(9-6-18-26)25-21-7-4-3-5-8-21/h3-5,7-8,10-17,24-26H,6,9,18H2,1-2H3. The lowest BCUT2D eigenvalue weighted by atomic mass is 10.2. The molecule has 0 aliphatic carbocycles. The van der Waals surface area contributed by atoms with Crippen molar-refractivity contribution in [3.8, 4) is 0 Å². The van der Waals surface area contributed by atoms with Crippen LogP contribution in [0.2, 0.25) is 0 Å². The molecule has 2 N–H and O–H groups in total. The maximum Gasteiger partial charge on any atom is 0.164 e. The van der Waals surface area contributed by atoms with Crippen molar-refractivity contribution >= 4 is 23.4 Å². The van der Waals surface area contributed by atoms with Gasteiger partial charge in [0.25, 0.3) is 0 Å². The van der Waals surface area contributed by atoms with Crippen LogP contribution in [0.25, 0.3) is 0 Å². The molecule has 0 bridgehead atoms. The average molecular weight is 393 g/mol. The van der Waals surface area contributed by atoms with Gasteiger partial charge in [-0.2, -0.15) is 0 Å². The fraction of sp³-hybridized carbons (Fsp3) is 0.250. The molecule has 0 saturated carbocycles. The Morgan fingerprint density at radius 1 is 0.821 bits per heavy atom. The molecule has 3 aromatic carbocycles. The van der Waals surface area contributed by atoms with Crippen molar-refractivity contribution in [3.05, 3.63) is 90.0 Å². The molecule has 0 aromatic heterocycles. The highest BCUT2D eigenvalue weighted by atomic mass is 31.2. The van der Waals surface area contributed by atoms with Crippen LogP contribution >= 0.6 is 7.14 Å². The maximum absolute atomic E-state index is 14.7. The van der Waals surface area contributed by atoms with Crippen LogP contribution in [-0.4, -0.2) is 17.5 Å². The second-order valence-corrected chi connectivity index (χ2v) is 10.2. The summed E-state index contributed by atoms with van der Waals surface area (Å²) in [5.41, 5.74) is 3.22. The van der Waals surface area contributed by atoms with Crippen molar-refractivity contribution in [1.29, 1.82) is 0 Å². The van der Waals surface area contributed by atoms with Crippen LogP contribution in [0.15, 0.2) is 78.9 Å². The minimum Gasteiger partial charge on any atom is -0.396 e. The molecule has 0 aliphatic heterocycles. The number of rotatable bonds is 8. The normalized spacial score (nSPS) is 12.5. The molecule has 0 saturated heterocycles.